The second kappa shape index (κ2) is 12.4. The Morgan fingerprint density at radius 3 is 2.26 bits per heavy atom. The molecule has 0 bridgehead atoms. The number of hydrogen-bond acceptors (Lipinski definition) is 8. The number of rotatable bonds is 7. The Bertz CT molecular complexity index is 1400. The standard InChI is InChI=1S/C23H26N2O4S3.C2HF3O2/c1-14(2)29-22(26)23(12-8-11-17(15(23)3)16-9-6-5-7-10-16)32(27,28)19-13-18(20(24)25)31-21(19)30-4;3-2(4,5)1(6)7/h5-15H,1-4H3,(H3,24,25);(H,6,7). The zero-order valence-electron chi connectivity index (χ0n) is 21.3. The number of aliphatic carboxylic acids is 1. The van der Waals surface area contributed by atoms with Gasteiger partial charge in [0.2, 0.25) is 9.84 Å². The highest BCUT2D eigenvalue weighted by Crippen LogP contribution is 2.47. The molecule has 212 valence electrons. The molecular weight excluding hydrogens is 577 g/mol. The molecule has 0 saturated carbocycles. The zero-order chi connectivity index (χ0) is 29.8. The van der Waals surface area contributed by atoms with Crippen LogP contribution in [0.1, 0.15) is 31.2 Å². The van der Waals surface area contributed by atoms with Crippen LogP contribution in [0.25, 0.3) is 5.57 Å². The van der Waals surface area contributed by atoms with Crippen LogP contribution in [0, 0.1) is 11.3 Å². The second-order valence-electron chi connectivity index (χ2n) is 8.50. The summed E-state index contributed by atoms with van der Waals surface area (Å²) in [6, 6.07) is 10.8. The van der Waals surface area contributed by atoms with Gasteiger partial charge in [0.15, 0.2) is 4.75 Å². The number of amidine groups is 1. The molecule has 4 N–H and O–H groups in total. The topological polar surface area (TPSA) is 148 Å². The molecule has 14 heteroatoms. The number of thiophene rings is 1. The Morgan fingerprint density at radius 1 is 1.23 bits per heavy atom. The van der Waals surface area contributed by atoms with Crippen LogP contribution in [0.15, 0.2) is 63.7 Å². The third kappa shape index (κ3) is 6.73. The lowest BCUT2D eigenvalue weighted by Gasteiger charge is -2.37. The van der Waals surface area contributed by atoms with E-state index in [1.54, 1.807) is 33.1 Å². The van der Waals surface area contributed by atoms with Crippen LogP contribution in [0.5, 0.6) is 0 Å². The summed E-state index contributed by atoms with van der Waals surface area (Å²) in [7, 11) is -4.28. The molecule has 8 nitrogen and oxygen atoms in total. The van der Waals surface area contributed by atoms with E-state index in [4.69, 9.17) is 25.8 Å². The van der Waals surface area contributed by atoms with Gasteiger partial charge in [0.1, 0.15) is 5.84 Å². The molecule has 1 aliphatic rings. The highest BCUT2D eigenvalue weighted by atomic mass is 32.2. The molecule has 0 spiro atoms. The molecule has 0 radical (unpaired) electrons. The monoisotopic (exact) mass is 604 g/mol. The van der Waals surface area contributed by atoms with Crippen molar-refractivity contribution in [3.8, 4) is 0 Å². The lowest BCUT2D eigenvalue weighted by Crippen LogP contribution is -2.52. The summed E-state index contributed by atoms with van der Waals surface area (Å²) in [5.41, 5.74) is 7.19. The molecule has 0 saturated heterocycles. The lowest BCUT2D eigenvalue weighted by molar-refractivity contribution is -0.192. The van der Waals surface area contributed by atoms with E-state index in [-0.39, 0.29) is 10.7 Å². The van der Waals surface area contributed by atoms with E-state index in [0.29, 0.717) is 9.09 Å². The molecule has 1 aromatic carbocycles. The van der Waals surface area contributed by atoms with E-state index >= 15 is 0 Å². The van der Waals surface area contributed by atoms with Gasteiger partial charge in [-0.25, -0.2) is 18.0 Å². The van der Waals surface area contributed by atoms with Crippen LogP contribution >= 0.6 is 23.1 Å². The molecule has 1 aromatic heterocycles. The van der Waals surface area contributed by atoms with Gasteiger partial charge in [-0.05, 0) is 37.3 Å². The van der Waals surface area contributed by atoms with Gasteiger partial charge in [-0.1, -0.05) is 55.5 Å². The first-order valence-corrected chi connectivity index (χ1v) is 14.8. The van der Waals surface area contributed by atoms with E-state index < -0.39 is 44.7 Å². The summed E-state index contributed by atoms with van der Waals surface area (Å²) in [6.45, 7) is 5.11. The van der Waals surface area contributed by atoms with E-state index in [0.717, 1.165) is 22.5 Å². The first-order chi connectivity index (χ1) is 18.0. The molecule has 2 aromatic rings. The molecule has 0 amide bonds. The van der Waals surface area contributed by atoms with Gasteiger partial charge in [-0.15, -0.1) is 23.1 Å². The summed E-state index contributed by atoms with van der Waals surface area (Å²) in [6.07, 6.45) is 1.05. The molecule has 2 unspecified atom stereocenters. The number of nitrogen functional groups attached to an aromatic ring is 1. The van der Waals surface area contributed by atoms with Crippen molar-refractivity contribution in [1.82, 2.24) is 0 Å². The number of carbonyl (C=O) groups is 2. The molecule has 0 aliphatic heterocycles. The number of nitrogens with one attached hydrogen (secondary N) is 1. The van der Waals surface area contributed by atoms with Gasteiger partial charge in [0.25, 0.3) is 0 Å². The van der Waals surface area contributed by atoms with Crippen molar-refractivity contribution in [2.24, 2.45) is 11.7 Å². The summed E-state index contributed by atoms with van der Waals surface area (Å²) >= 11 is 2.37. The second-order valence-corrected chi connectivity index (χ2v) is 12.8. The van der Waals surface area contributed by atoms with E-state index in [9.17, 15) is 26.4 Å². The fraction of sp³-hybridized carbons (Fsp3) is 0.320. The number of carboxylic acid groups (broad SMARTS) is 1. The maximum Gasteiger partial charge on any atom is 0.490 e. The van der Waals surface area contributed by atoms with E-state index in [2.05, 4.69) is 0 Å². The number of benzene rings is 1. The molecule has 0 fully saturated rings. The highest BCUT2D eigenvalue weighted by molar-refractivity contribution is 8.01. The smallest absolute Gasteiger partial charge is 0.475 e. The maximum absolute atomic E-state index is 14.2. The van der Waals surface area contributed by atoms with Crippen molar-refractivity contribution in [1.29, 1.82) is 5.41 Å². The van der Waals surface area contributed by atoms with Crippen molar-refractivity contribution >= 4 is 56.3 Å². The Labute approximate surface area is 232 Å². The number of halogens is 3. The average molecular weight is 605 g/mol. The Hall–Kier alpha value is -3.10. The minimum atomic E-state index is -5.08. The van der Waals surface area contributed by atoms with Crippen LogP contribution in [-0.4, -0.2) is 54.6 Å². The van der Waals surface area contributed by atoms with Gasteiger partial charge in [0, 0.05) is 5.92 Å². The maximum atomic E-state index is 14.2. The van der Waals surface area contributed by atoms with Crippen molar-refractivity contribution < 1.29 is 41.0 Å². The fourth-order valence-electron chi connectivity index (χ4n) is 3.78. The lowest BCUT2D eigenvalue weighted by atomic mass is 9.79. The Morgan fingerprint density at radius 2 is 1.79 bits per heavy atom. The van der Waals surface area contributed by atoms with Gasteiger partial charge in [0.05, 0.1) is 20.1 Å². The predicted molar refractivity (Wildman–Crippen MR) is 145 cm³/mol. The number of hydrogen-bond donors (Lipinski definition) is 3. The first kappa shape index (κ1) is 32.1. The van der Waals surface area contributed by atoms with E-state index in [1.165, 1.54) is 23.9 Å². The molecule has 39 heavy (non-hydrogen) atoms. The number of carbonyl (C=O) groups excluding carboxylic acids is 1. The molecule has 2 atom stereocenters. The Balaban J connectivity index is 0.000000673. The molecule has 3 rings (SSSR count). The van der Waals surface area contributed by atoms with Crippen molar-refractivity contribution in [3.05, 3.63) is 65.1 Å². The molecular formula is C25H27F3N2O6S3. The normalized spacial score (nSPS) is 19.1. The van der Waals surface area contributed by atoms with Crippen molar-refractivity contribution in [2.75, 3.05) is 6.26 Å². The largest absolute Gasteiger partial charge is 0.490 e. The Kier molecular flexibility index (Phi) is 10.2. The minimum absolute atomic E-state index is 0.00767. The van der Waals surface area contributed by atoms with E-state index in [1.807, 2.05) is 36.4 Å². The van der Waals surface area contributed by atoms with Crippen LogP contribution in [0.3, 0.4) is 0 Å². The van der Waals surface area contributed by atoms with Crippen molar-refractivity contribution in [2.45, 2.75) is 46.9 Å². The third-order valence-corrected chi connectivity index (χ3v) is 10.6. The van der Waals surface area contributed by atoms with Gasteiger partial charge in [-0.3, -0.25) is 5.41 Å². The first-order valence-electron chi connectivity index (χ1n) is 11.2. The number of esters is 1. The van der Waals surface area contributed by atoms with Gasteiger partial charge >= 0.3 is 18.1 Å². The molecule has 1 heterocycles. The SMILES string of the molecule is CSc1sc(C(=N)N)cc1S(=O)(=O)C1(C(=O)OC(C)C)C=CC=C(c2ccccc2)C1C.O=C(O)C(F)(F)F. The summed E-state index contributed by atoms with van der Waals surface area (Å²) in [5, 5.41) is 14.9. The quantitative estimate of drug-likeness (QED) is 0.170. The number of nitrogens with two attached hydrogens (primary N) is 1. The fourth-order valence-corrected chi connectivity index (χ4v) is 8.37. The van der Waals surface area contributed by atoms with Crippen LogP contribution in [-0.2, 0) is 24.2 Å². The number of sulfone groups is 1. The number of thioether (sulfide) groups is 1. The summed E-state index contributed by atoms with van der Waals surface area (Å²) in [5.74, 6) is -4.52. The number of alkyl halides is 3. The molecule has 1 aliphatic carbocycles. The van der Waals surface area contributed by atoms with Crippen LogP contribution < -0.4 is 5.73 Å². The van der Waals surface area contributed by atoms with Crippen LogP contribution in [0.4, 0.5) is 13.2 Å². The average Bonchev–Trinajstić information content (AvgIpc) is 3.30. The highest BCUT2D eigenvalue weighted by Gasteiger charge is 2.57. The third-order valence-electron chi connectivity index (χ3n) is 5.59. The summed E-state index contributed by atoms with van der Waals surface area (Å²) in [4.78, 5) is 22.8. The van der Waals surface area contributed by atoms with Crippen LogP contribution in [0.2, 0.25) is 0 Å². The minimum Gasteiger partial charge on any atom is -0.475 e. The number of carboxylic acids is 1. The predicted octanol–water partition coefficient (Wildman–Crippen LogP) is 5.14. The summed E-state index contributed by atoms with van der Waals surface area (Å²) < 4.78 is 64.2. The van der Waals surface area contributed by atoms with Crippen molar-refractivity contribution in [3.63, 3.8) is 0 Å². The number of allylic oxidation sites excluding steroid dienone is 3. The zero-order valence-corrected chi connectivity index (χ0v) is 23.7. The number of ether oxygens (including phenoxy) is 1. The van der Waals surface area contributed by atoms with Gasteiger partial charge in [-0.2, -0.15) is 13.2 Å². The van der Waals surface area contributed by atoms with Gasteiger partial charge < -0.3 is 15.6 Å².